The number of carbonyl (C=O) groups excluding carboxylic acids is 1. The van der Waals surface area contributed by atoms with Gasteiger partial charge in [0, 0.05) is 65.1 Å². The van der Waals surface area contributed by atoms with Crippen molar-refractivity contribution in [3.05, 3.63) is 101 Å². The minimum Gasteiger partial charge on any atom is -0.346 e. The molecule has 0 radical (unpaired) electrons. The number of halogens is 1. The fraction of sp³-hybridized carbons (Fsp3) is 0.111. The molecular weight excluding hydrogens is 504 g/mol. The first-order valence-corrected chi connectivity index (χ1v) is 12.1. The maximum absolute atomic E-state index is 13.8. The summed E-state index contributed by atoms with van der Waals surface area (Å²) < 4.78 is 2.64. The molecule has 4 aromatic heterocycles. The molecule has 1 aliphatic heterocycles. The van der Waals surface area contributed by atoms with Gasteiger partial charge in [0.05, 0.1) is 11.3 Å². The van der Waals surface area contributed by atoms with Gasteiger partial charge in [-0.1, -0.05) is 40.2 Å². The van der Waals surface area contributed by atoms with E-state index in [2.05, 4.69) is 43.0 Å². The summed E-state index contributed by atoms with van der Waals surface area (Å²) in [5.74, 6) is -0.0352. The van der Waals surface area contributed by atoms with Crippen molar-refractivity contribution in [2.75, 3.05) is 13.1 Å². The van der Waals surface area contributed by atoms with Crippen LogP contribution in [0.25, 0.3) is 33.6 Å². The molecule has 35 heavy (non-hydrogen) atoms. The molecule has 5 heterocycles. The Hall–Kier alpha value is -4.04. The van der Waals surface area contributed by atoms with E-state index in [4.69, 9.17) is 5.10 Å². The van der Waals surface area contributed by atoms with Crippen molar-refractivity contribution in [1.82, 2.24) is 29.6 Å². The molecule has 0 unspecified atom stereocenters. The van der Waals surface area contributed by atoms with Crippen LogP contribution in [0.1, 0.15) is 22.3 Å². The van der Waals surface area contributed by atoms with Crippen LogP contribution >= 0.6 is 15.9 Å². The van der Waals surface area contributed by atoms with Gasteiger partial charge >= 0.3 is 0 Å². The minimum atomic E-state index is -0.0352. The van der Waals surface area contributed by atoms with Gasteiger partial charge in [-0.25, -0.2) is 9.67 Å². The van der Waals surface area contributed by atoms with E-state index in [-0.39, 0.29) is 5.91 Å². The third kappa shape index (κ3) is 3.95. The van der Waals surface area contributed by atoms with E-state index in [1.165, 1.54) is 5.57 Å². The second-order valence-electron chi connectivity index (χ2n) is 8.35. The number of carbonyl (C=O) groups is 1. The first-order chi connectivity index (χ1) is 17.2. The van der Waals surface area contributed by atoms with Crippen LogP contribution in [-0.4, -0.2) is 48.6 Å². The normalized spacial score (nSPS) is 13.7. The molecule has 7 nitrogen and oxygen atoms in total. The lowest BCUT2D eigenvalue weighted by molar-refractivity contribution is 0.0773. The Morgan fingerprint density at radius 1 is 1.00 bits per heavy atom. The first-order valence-electron chi connectivity index (χ1n) is 11.3. The van der Waals surface area contributed by atoms with E-state index in [0.717, 1.165) is 38.7 Å². The molecule has 5 aromatic rings. The van der Waals surface area contributed by atoms with Gasteiger partial charge in [0.1, 0.15) is 11.3 Å². The van der Waals surface area contributed by atoms with Crippen LogP contribution in [0.15, 0.2) is 90.1 Å². The molecule has 1 aliphatic rings. The van der Waals surface area contributed by atoms with E-state index in [9.17, 15) is 4.79 Å². The van der Waals surface area contributed by atoms with Gasteiger partial charge in [-0.15, -0.1) is 0 Å². The summed E-state index contributed by atoms with van der Waals surface area (Å²) in [6.07, 6.45) is 12.0. The summed E-state index contributed by atoms with van der Waals surface area (Å²) in [5, 5.41) is 5.91. The zero-order chi connectivity index (χ0) is 23.8. The topological polar surface area (TPSA) is 79.7 Å². The Balaban J connectivity index is 1.34. The lowest BCUT2D eigenvalue weighted by Gasteiger charge is -2.26. The Kier molecular flexibility index (Phi) is 5.50. The standard InChI is InChI=1S/C27H21BrN6O/c28-24-6-2-1-4-21(24)25-23(17-34(32-25)19-7-12-29-13-8-19)27(35)33-14-9-18(10-15-33)22-16-31-26-20(22)5-3-11-30-26/h1-9,11-13,16-17H,10,14-15H2,(H,30,31). The highest BCUT2D eigenvalue weighted by atomic mass is 79.9. The van der Waals surface area contributed by atoms with Crippen molar-refractivity contribution in [2.45, 2.75) is 6.42 Å². The van der Waals surface area contributed by atoms with Crippen LogP contribution in [0.3, 0.4) is 0 Å². The quantitative estimate of drug-likeness (QED) is 0.336. The number of rotatable bonds is 4. The molecule has 0 atom stereocenters. The molecule has 1 N–H and O–H groups in total. The largest absolute Gasteiger partial charge is 0.346 e. The van der Waals surface area contributed by atoms with Crippen molar-refractivity contribution >= 4 is 38.4 Å². The van der Waals surface area contributed by atoms with Crippen LogP contribution in [0.2, 0.25) is 0 Å². The highest BCUT2D eigenvalue weighted by Crippen LogP contribution is 2.33. The average molecular weight is 525 g/mol. The van der Waals surface area contributed by atoms with Crippen LogP contribution in [0, 0.1) is 0 Å². The van der Waals surface area contributed by atoms with Gasteiger partial charge in [0.25, 0.3) is 5.91 Å². The van der Waals surface area contributed by atoms with Crippen molar-refractivity contribution in [1.29, 1.82) is 0 Å². The van der Waals surface area contributed by atoms with Gasteiger partial charge in [-0.3, -0.25) is 9.78 Å². The second-order valence-corrected chi connectivity index (χ2v) is 9.21. The molecule has 0 aliphatic carbocycles. The smallest absolute Gasteiger partial charge is 0.258 e. The number of aromatic amines is 1. The molecule has 1 aromatic carbocycles. The van der Waals surface area contributed by atoms with E-state index in [0.29, 0.717) is 24.3 Å². The molecule has 172 valence electrons. The number of fused-ring (bicyclic) bond motifs is 1. The lowest BCUT2D eigenvalue weighted by Crippen LogP contribution is -2.34. The van der Waals surface area contributed by atoms with Crippen LogP contribution in [0.4, 0.5) is 0 Å². The lowest BCUT2D eigenvalue weighted by atomic mass is 9.99. The van der Waals surface area contributed by atoms with Gasteiger partial charge in [0.2, 0.25) is 0 Å². The van der Waals surface area contributed by atoms with Crippen molar-refractivity contribution in [3.63, 3.8) is 0 Å². The molecule has 0 bridgehead atoms. The fourth-order valence-corrected chi connectivity index (χ4v) is 4.97. The molecule has 0 spiro atoms. The summed E-state index contributed by atoms with van der Waals surface area (Å²) in [5.41, 5.74) is 6.21. The zero-order valence-electron chi connectivity index (χ0n) is 18.7. The van der Waals surface area contributed by atoms with E-state index in [1.807, 2.05) is 59.8 Å². The number of benzene rings is 1. The highest BCUT2D eigenvalue weighted by Gasteiger charge is 2.26. The Morgan fingerprint density at radius 2 is 1.86 bits per heavy atom. The first kappa shape index (κ1) is 21.5. The van der Waals surface area contributed by atoms with E-state index < -0.39 is 0 Å². The molecular formula is C27H21BrN6O. The van der Waals surface area contributed by atoms with Crippen LogP contribution in [-0.2, 0) is 0 Å². The van der Waals surface area contributed by atoms with Crippen molar-refractivity contribution in [3.8, 4) is 16.9 Å². The predicted molar refractivity (Wildman–Crippen MR) is 139 cm³/mol. The number of hydrogen-bond acceptors (Lipinski definition) is 4. The Labute approximate surface area is 210 Å². The summed E-state index contributed by atoms with van der Waals surface area (Å²) in [4.78, 5) is 27.4. The second kappa shape index (κ2) is 8.96. The number of amides is 1. The fourth-order valence-electron chi connectivity index (χ4n) is 4.50. The number of hydrogen-bond donors (Lipinski definition) is 1. The van der Waals surface area contributed by atoms with Gasteiger partial charge in [-0.05, 0) is 42.3 Å². The van der Waals surface area contributed by atoms with E-state index in [1.54, 1.807) is 23.3 Å². The molecule has 6 rings (SSSR count). The van der Waals surface area contributed by atoms with Crippen molar-refractivity contribution < 1.29 is 4.79 Å². The Bertz CT molecular complexity index is 1570. The highest BCUT2D eigenvalue weighted by molar-refractivity contribution is 9.10. The maximum Gasteiger partial charge on any atom is 0.258 e. The third-order valence-corrected chi connectivity index (χ3v) is 6.99. The van der Waals surface area contributed by atoms with Gasteiger partial charge in [-0.2, -0.15) is 5.10 Å². The van der Waals surface area contributed by atoms with Crippen LogP contribution in [0.5, 0.6) is 0 Å². The van der Waals surface area contributed by atoms with Gasteiger partial charge < -0.3 is 9.88 Å². The summed E-state index contributed by atoms with van der Waals surface area (Å²) in [7, 11) is 0. The SMILES string of the molecule is O=C(c1cn(-c2ccncc2)nc1-c1ccccc1Br)N1CC=C(c2c[nH]c3ncccc23)CC1. The van der Waals surface area contributed by atoms with E-state index >= 15 is 0 Å². The molecule has 8 heteroatoms. The molecule has 0 fully saturated rings. The molecule has 1 amide bonds. The number of aromatic nitrogens is 5. The number of nitrogens with zero attached hydrogens (tertiary/aromatic N) is 5. The summed E-state index contributed by atoms with van der Waals surface area (Å²) in [6.45, 7) is 1.17. The van der Waals surface area contributed by atoms with Gasteiger partial charge in [0.15, 0.2) is 0 Å². The molecule has 0 saturated heterocycles. The monoisotopic (exact) mass is 524 g/mol. The zero-order valence-corrected chi connectivity index (χ0v) is 20.3. The van der Waals surface area contributed by atoms with Crippen LogP contribution < -0.4 is 0 Å². The number of nitrogens with one attached hydrogen (secondary N) is 1. The molecule has 0 saturated carbocycles. The Morgan fingerprint density at radius 3 is 2.66 bits per heavy atom. The maximum atomic E-state index is 13.8. The number of H-pyrrole nitrogens is 1. The van der Waals surface area contributed by atoms with Crippen molar-refractivity contribution in [2.24, 2.45) is 0 Å². The summed E-state index contributed by atoms with van der Waals surface area (Å²) >= 11 is 3.63. The average Bonchev–Trinajstić information content (AvgIpc) is 3.54. The summed E-state index contributed by atoms with van der Waals surface area (Å²) in [6, 6.07) is 15.6. The number of pyridine rings is 2. The third-order valence-electron chi connectivity index (χ3n) is 6.29. The predicted octanol–water partition coefficient (Wildman–Crippen LogP) is 5.50. The minimum absolute atomic E-state index is 0.0352.